The van der Waals surface area contributed by atoms with Gasteiger partial charge in [-0.15, -0.1) is 35.9 Å². The third-order valence-corrected chi connectivity index (χ3v) is 3.41. The van der Waals surface area contributed by atoms with Gasteiger partial charge in [-0.25, -0.2) is 6.57 Å². The van der Waals surface area contributed by atoms with Crippen LogP contribution in [0.2, 0.25) is 0 Å². The molecule has 0 saturated heterocycles. The van der Waals surface area contributed by atoms with Crippen LogP contribution in [0.3, 0.4) is 0 Å². The largest absolute Gasteiger partial charge is 3.00 e. The zero-order valence-corrected chi connectivity index (χ0v) is 15.3. The molecule has 3 nitrogen and oxygen atoms in total. The molecule has 118 valence electrons. The third kappa shape index (κ3) is 8.26. The summed E-state index contributed by atoms with van der Waals surface area (Å²) in [6.07, 6.45) is 8.02. The van der Waals surface area contributed by atoms with Gasteiger partial charge in [-0.2, -0.15) is 0 Å². The first-order valence-electron chi connectivity index (χ1n) is 7.37. The minimum Gasteiger partial charge on any atom is -0.512 e. The van der Waals surface area contributed by atoms with E-state index in [-0.39, 0.29) is 20.1 Å². The summed E-state index contributed by atoms with van der Waals surface area (Å²) < 4.78 is 0. The predicted molar refractivity (Wildman–Crippen MR) is 87.0 cm³/mol. The van der Waals surface area contributed by atoms with Crippen LogP contribution in [0.1, 0.15) is 32.1 Å². The molecule has 0 amide bonds. The molecule has 0 aliphatic heterocycles. The number of aromatic nitrogens is 1. The molecule has 2 aromatic rings. The molecule has 0 atom stereocenters. The van der Waals surface area contributed by atoms with Crippen LogP contribution in [-0.2, 0) is 20.1 Å². The Morgan fingerprint density at radius 2 is 1.74 bits per heavy atom. The number of hydrogen-bond acceptors (Lipinski definition) is 2. The average Bonchev–Trinajstić information content (AvgIpc) is 2.66. The Morgan fingerprint density at radius 3 is 2.22 bits per heavy atom. The molecule has 1 fully saturated rings. The molecule has 1 saturated carbocycles. The van der Waals surface area contributed by atoms with Gasteiger partial charge in [0.25, 0.3) is 0 Å². The molecule has 1 aliphatic carbocycles. The number of nitrogens with zero attached hydrogens (tertiary/aromatic N) is 3. The van der Waals surface area contributed by atoms with Crippen LogP contribution >= 0.6 is 0 Å². The predicted octanol–water partition coefficient (Wildman–Crippen LogP) is 4.88. The van der Waals surface area contributed by atoms with Gasteiger partial charge >= 0.3 is 20.1 Å². The summed E-state index contributed by atoms with van der Waals surface area (Å²) in [4.78, 5) is 7.72. The van der Waals surface area contributed by atoms with Crippen molar-refractivity contribution in [1.82, 2.24) is 4.98 Å². The molecule has 0 unspecified atom stereocenters. The van der Waals surface area contributed by atoms with Gasteiger partial charge in [0.1, 0.15) is 0 Å². The van der Waals surface area contributed by atoms with Crippen molar-refractivity contribution in [2.75, 3.05) is 0 Å². The molecule has 0 bridgehead atoms. The Balaban J connectivity index is 0.000000388. The fraction of sp³-hybridized carbons (Fsp3) is 0.316. The van der Waals surface area contributed by atoms with E-state index in [2.05, 4.69) is 15.9 Å². The van der Waals surface area contributed by atoms with Crippen molar-refractivity contribution < 1.29 is 20.1 Å². The molecule has 1 heterocycles. The van der Waals surface area contributed by atoms with Gasteiger partial charge in [-0.05, 0) is 24.6 Å². The second-order valence-corrected chi connectivity index (χ2v) is 4.91. The Hall–Kier alpha value is -2.00. The smallest absolute Gasteiger partial charge is 0.512 e. The maximum absolute atomic E-state index is 6.72. The fourth-order valence-corrected chi connectivity index (χ4v) is 2.28. The normalized spacial score (nSPS) is 12.9. The van der Waals surface area contributed by atoms with Crippen molar-refractivity contribution in [2.45, 2.75) is 38.1 Å². The topological polar surface area (TPSA) is 41.0 Å². The van der Waals surface area contributed by atoms with E-state index in [0.29, 0.717) is 6.04 Å². The Kier molecular flexibility index (Phi) is 12.5. The van der Waals surface area contributed by atoms with E-state index in [1.165, 1.54) is 19.3 Å². The number of rotatable bonds is 1. The summed E-state index contributed by atoms with van der Waals surface area (Å²) in [7, 11) is 0. The molecule has 1 aliphatic rings. The first-order chi connectivity index (χ1) is 10.9. The summed E-state index contributed by atoms with van der Waals surface area (Å²) >= 11 is 0. The van der Waals surface area contributed by atoms with Crippen LogP contribution < -0.4 is 0 Å². The van der Waals surface area contributed by atoms with Gasteiger partial charge in [-0.1, -0.05) is 18.6 Å². The van der Waals surface area contributed by atoms with Crippen molar-refractivity contribution in [3.63, 3.8) is 0 Å². The van der Waals surface area contributed by atoms with Crippen LogP contribution in [-0.4, -0.2) is 11.0 Å². The van der Waals surface area contributed by atoms with Crippen LogP contribution in [0.5, 0.6) is 0 Å². The summed E-state index contributed by atoms with van der Waals surface area (Å²) in [5.41, 5.74) is 2.01. The van der Waals surface area contributed by atoms with Crippen molar-refractivity contribution >= 4 is 0 Å². The van der Waals surface area contributed by atoms with Crippen LogP contribution in [0.15, 0.2) is 48.7 Å². The quantitative estimate of drug-likeness (QED) is 0.545. The maximum Gasteiger partial charge on any atom is 3.00 e. The first kappa shape index (κ1) is 21.0. The molecule has 0 spiro atoms. The zero-order valence-electron chi connectivity index (χ0n) is 12.9. The molecule has 1 aromatic heterocycles. The Labute approximate surface area is 152 Å². The first-order valence-corrected chi connectivity index (χ1v) is 7.37. The number of pyridine rings is 1. The zero-order chi connectivity index (χ0) is 16.0. The fourth-order valence-electron chi connectivity index (χ4n) is 2.28. The van der Waals surface area contributed by atoms with E-state index in [1.807, 2.05) is 42.5 Å². The van der Waals surface area contributed by atoms with Crippen molar-refractivity contribution in [3.8, 4) is 11.3 Å². The van der Waals surface area contributed by atoms with Gasteiger partial charge in [0, 0.05) is 19.0 Å². The Bertz CT molecular complexity index is 532. The standard InChI is InChI=1S/C11H8N.C7H11N.CN.Ir/c1-2-6-10(7-3-1)11-8-4-5-9-12-11;1-8-7-5-3-2-4-6-7;1-2;/h1-6,8-9H;7H,2-6H2;;/q-1;;-1;+3. The van der Waals surface area contributed by atoms with Gasteiger partial charge in [0.15, 0.2) is 0 Å². The van der Waals surface area contributed by atoms with E-state index in [1.54, 1.807) is 6.20 Å². The molecule has 0 N–H and O–H groups in total. The van der Waals surface area contributed by atoms with E-state index < -0.39 is 0 Å². The summed E-state index contributed by atoms with van der Waals surface area (Å²) in [5, 5.41) is 6.25. The number of benzene rings is 1. The second kappa shape index (κ2) is 13.6. The molecule has 0 radical (unpaired) electrons. The molecular weight excluding hydrogens is 462 g/mol. The minimum absolute atomic E-state index is 0. The summed E-state index contributed by atoms with van der Waals surface area (Å²) in [6, 6.07) is 17.2. The number of hydrogen-bond donors (Lipinski definition) is 0. The molecule has 4 heteroatoms. The van der Waals surface area contributed by atoms with Gasteiger partial charge in [0.2, 0.25) is 6.04 Å². The van der Waals surface area contributed by atoms with Crippen LogP contribution in [0.25, 0.3) is 16.1 Å². The van der Waals surface area contributed by atoms with Crippen LogP contribution in [0.4, 0.5) is 0 Å². The van der Waals surface area contributed by atoms with Gasteiger partial charge < -0.3 is 21.7 Å². The maximum atomic E-state index is 6.72. The minimum atomic E-state index is 0. The average molecular weight is 482 g/mol. The SMILES string of the molecule is [C-]#N.[C-]#[N+]C1CCCCC1.[Ir+3].[c-]1ccccc1-c1ccccn1. The third-order valence-electron chi connectivity index (χ3n) is 3.41. The van der Waals surface area contributed by atoms with Gasteiger partial charge in [0.05, 0.1) is 0 Å². The molecule has 1 aromatic carbocycles. The van der Waals surface area contributed by atoms with Crippen molar-refractivity contribution in [2.24, 2.45) is 0 Å². The summed E-state index contributed by atoms with van der Waals surface area (Å²) in [6.45, 7) is 11.5. The van der Waals surface area contributed by atoms with Crippen molar-refractivity contribution in [1.29, 1.82) is 5.26 Å². The molecule has 3 rings (SSSR count). The van der Waals surface area contributed by atoms with Crippen molar-refractivity contribution in [3.05, 3.63) is 72.7 Å². The van der Waals surface area contributed by atoms with E-state index in [4.69, 9.17) is 18.4 Å². The Morgan fingerprint density at radius 1 is 1.04 bits per heavy atom. The van der Waals surface area contributed by atoms with Crippen LogP contribution in [0, 0.1) is 24.5 Å². The van der Waals surface area contributed by atoms with E-state index >= 15 is 0 Å². The molecule has 23 heavy (non-hydrogen) atoms. The molecular formula is C19H19IrN3+. The van der Waals surface area contributed by atoms with E-state index in [9.17, 15) is 0 Å². The second-order valence-electron chi connectivity index (χ2n) is 4.91. The van der Waals surface area contributed by atoms with E-state index in [0.717, 1.165) is 24.1 Å². The monoisotopic (exact) mass is 482 g/mol. The summed E-state index contributed by atoms with van der Waals surface area (Å²) in [5.74, 6) is 0. The van der Waals surface area contributed by atoms with Gasteiger partial charge in [-0.3, -0.25) is 0 Å².